The van der Waals surface area contributed by atoms with Crippen LogP contribution in [0, 0.1) is 11.3 Å². The molecule has 0 fully saturated rings. The topological polar surface area (TPSA) is 111 Å². The van der Waals surface area contributed by atoms with Crippen molar-refractivity contribution < 1.29 is 0 Å². The van der Waals surface area contributed by atoms with Crippen LogP contribution in [0.2, 0.25) is 0 Å². The van der Waals surface area contributed by atoms with Crippen molar-refractivity contribution in [2.45, 2.75) is 0 Å². The number of nitrogens with two attached hydrogens (primary N) is 1. The third-order valence-electron chi connectivity index (χ3n) is 2.29. The Kier molecular flexibility index (Phi) is 1.79. The van der Waals surface area contributed by atoms with E-state index in [2.05, 4.69) is 20.4 Å². The molecule has 3 heterocycles. The molecule has 0 bridgehead atoms. The number of aromatic nitrogens is 6. The summed E-state index contributed by atoms with van der Waals surface area (Å²) in [4.78, 5) is 0. The van der Waals surface area contributed by atoms with Gasteiger partial charge in [-0.2, -0.15) is 19.6 Å². The van der Waals surface area contributed by atoms with Gasteiger partial charge in [0.1, 0.15) is 23.8 Å². The monoisotopic (exact) mass is 226 g/mol. The number of hydrogen-bond acceptors (Lipinski definition) is 6. The van der Waals surface area contributed by atoms with Gasteiger partial charge in [-0.3, -0.25) is 0 Å². The normalized spacial score (nSPS) is 10.5. The Morgan fingerprint density at radius 1 is 1.35 bits per heavy atom. The third kappa shape index (κ3) is 1.30. The molecule has 3 aromatic heterocycles. The van der Waals surface area contributed by atoms with Gasteiger partial charge in [0.2, 0.25) is 0 Å². The molecule has 17 heavy (non-hydrogen) atoms. The SMILES string of the molecule is N#Cc1cnn(-c2ccc3nncn3n2)c1N. The molecule has 0 atom stereocenters. The number of nitrogens with zero attached hydrogens (tertiary/aromatic N) is 7. The Labute approximate surface area is 94.9 Å². The first-order chi connectivity index (χ1) is 8.29. The predicted octanol–water partition coefficient (Wildman–Crippen LogP) is -0.236. The molecule has 0 aliphatic rings. The lowest BCUT2D eigenvalue weighted by Gasteiger charge is -2.02. The van der Waals surface area contributed by atoms with E-state index in [4.69, 9.17) is 11.0 Å². The maximum Gasteiger partial charge on any atom is 0.177 e. The lowest BCUT2D eigenvalue weighted by molar-refractivity contribution is 0.798. The zero-order chi connectivity index (χ0) is 11.8. The van der Waals surface area contributed by atoms with E-state index in [1.165, 1.54) is 21.7 Å². The van der Waals surface area contributed by atoms with Gasteiger partial charge in [-0.15, -0.1) is 15.3 Å². The number of anilines is 1. The van der Waals surface area contributed by atoms with Crippen LogP contribution in [-0.2, 0) is 0 Å². The second-order valence-corrected chi connectivity index (χ2v) is 3.29. The lowest BCUT2D eigenvalue weighted by atomic mass is 10.4. The van der Waals surface area contributed by atoms with Crippen LogP contribution in [-0.4, -0.2) is 29.6 Å². The standard InChI is InChI=1S/C9H6N8/c10-3-6-4-13-17(9(6)11)8-2-1-7-14-12-5-16(7)15-8/h1-2,4-5H,11H2. The summed E-state index contributed by atoms with van der Waals surface area (Å²) in [5.74, 6) is 0.753. The van der Waals surface area contributed by atoms with E-state index in [1.54, 1.807) is 12.1 Å². The molecule has 8 heteroatoms. The number of fused-ring (bicyclic) bond motifs is 1. The predicted molar refractivity (Wildman–Crippen MR) is 57.0 cm³/mol. The highest BCUT2D eigenvalue weighted by atomic mass is 15.4. The van der Waals surface area contributed by atoms with Crippen molar-refractivity contribution in [3.63, 3.8) is 0 Å². The van der Waals surface area contributed by atoms with E-state index in [0.717, 1.165) is 0 Å². The first kappa shape index (κ1) is 9.29. The third-order valence-corrected chi connectivity index (χ3v) is 2.29. The Bertz CT molecular complexity index is 731. The van der Waals surface area contributed by atoms with Gasteiger partial charge in [-0.25, -0.2) is 0 Å². The van der Waals surface area contributed by atoms with Gasteiger partial charge in [0.25, 0.3) is 0 Å². The largest absolute Gasteiger partial charge is 0.382 e. The van der Waals surface area contributed by atoms with Crippen LogP contribution in [0.25, 0.3) is 11.5 Å². The van der Waals surface area contributed by atoms with Crippen LogP contribution in [0.3, 0.4) is 0 Å². The van der Waals surface area contributed by atoms with E-state index in [9.17, 15) is 0 Å². The Morgan fingerprint density at radius 2 is 2.24 bits per heavy atom. The highest BCUT2D eigenvalue weighted by Crippen LogP contribution is 2.14. The molecule has 0 radical (unpaired) electrons. The fourth-order valence-electron chi connectivity index (χ4n) is 1.46. The highest BCUT2D eigenvalue weighted by Gasteiger charge is 2.10. The lowest BCUT2D eigenvalue weighted by Crippen LogP contribution is -2.06. The van der Waals surface area contributed by atoms with E-state index in [1.807, 2.05) is 6.07 Å². The number of rotatable bonds is 1. The van der Waals surface area contributed by atoms with Crippen LogP contribution in [0.1, 0.15) is 5.56 Å². The molecule has 0 aliphatic heterocycles. The van der Waals surface area contributed by atoms with Gasteiger partial charge in [0.15, 0.2) is 11.5 Å². The van der Waals surface area contributed by atoms with Gasteiger partial charge in [-0.1, -0.05) is 0 Å². The Hall–Kier alpha value is -2.95. The Balaban J connectivity index is 2.20. The van der Waals surface area contributed by atoms with Crippen molar-refractivity contribution in [1.29, 1.82) is 5.26 Å². The summed E-state index contributed by atoms with van der Waals surface area (Å²) in [5.41, 5.74) is 6.70. The molecule has 0 aromatic carbocycles. The quantitative estimate of drug-likeness (QED) is 0.613. The number of nitriles is 1. The minimum Gasteiger partial charge on any atom is -0.382 e. The van der Waals surface area contributed by atoms with Crippen LogP contribution in [0.4, 0.5) is 5.82 Å². The molecule has 8 nitrogen and oxygen atoms in total. The molecule has 3 rings (SSSR count). The summed E-state index contributed by atoms with van der Waals surface area (Å²) in [6.45, 7) is 0. The average Bonchev–Trinajstić information content (AvgIpc) is 2.94. The average molecular weight is 226 g/mol. The van der Waals surface area contributed by atoms with Gasteiger partial charge < -0.3 is 5.73 Å². The molecule has 3 aromatic rings. The summed E-state index contributed by atoms with van der Waals surface area (Å²) in [5, 5.41) is 24.6. The van der Waals surface area contributed by atoms with Crippen molar-refractivity contribution in [3.05, 3.63) is 30.2 Å². The maximum absolute atomic E-state index is 8.79. The minimum absolute atomic E-state index is 0.257. The molecule has 0 saturated carbocycles. The zero-order valence-electron chi connectivity index (χ0n) is 8.52. The van der Waals surface area contributed by atoms with Gasteiger partial charge >= 0.3 is 0 Å². The molecular weight excluding hydrogens is 220 g/mol. The molecule has 0 spiro atoms. The summed E-state index contributed by atoms with van der Waals surface area (Å²) < 4.78 is 2.89. The molecule has 0 amide bonds. The molecule has 2 N–H and O–H groups in total. The molecule has 0 saturated heterocycles. The fourth-order valence-corrected chi connectivity index (χ4v) is 1.46. The smallest absolute Gasteiger partial charge is 0.177 e. The van der Waals surface area contributed by atoms with Crippen LogP contribution in [0.5, 0.6) is 0 Å². The summed E-state index contributed by atoms with van der Waals surface area (Å²) in [7, 11) is 0. The summed E-state index contributed by atoms with van der Waals surface area (Å²) in [6.07, 6.45) is 2.87. The maximum atomic E-state index is 8.79. The molecule has 0 unspecified atom stereocenters. The van der Waals surface area contributed by atoms with Crippen molar-refractivity contribution in [3.8, 4) is 11.9 Å². The van der Waals surface area contributed by atoms with E-state index >= 15 is 0 Å². The first-order valence-electron chi connectivity index (χ1n) is 4.70. The van der Waals surface area contributed by atoms with Crippen molar-refractivity contribution >= 4 is 11.5 Å². The van der Waals surface area contributed by atoms with Gasteiger partial charge in [-0.05, 0) is 12.1 Å². The Morgan fingerprint density at radius 3 is 3.00 bits per heavy atom. The zero-order valence-corrected chi connectivity index (χ0v) is 8.52. The van der Waals surface area contributed by atoms with E-state index in [-0.39, 0.29) is 5.82 Å². The molecule has 0 aliphatic carbocycles. The van der Waals surface area contributed by atoms with Crippen LogP contribution in [0.15, 0.2) is 24.7 Å². The van der Waals surface area contributed by atoms with Gasteiger partial charge in [0, 0.05) is 0 Å². The van der Waals surface area contributed by atoms with Crippen molar-refractivity contribution in [2.75, 3.05) is 5.73 Å². The summed E-state index contributed by atoms with van der Waals surface area (Å²) in [6, 6.07) is 5.39. The summed E-state index contributed by atoms with van der Waals surface area (Å²) >= 11 is 0. The molecular formula is C9H6N8. The van der Waals surface area contributed by atoms with Crippen LogP contribution < -0.4 is 5.73 Å². The second kappa shape index (κ2) is 3.28. The number of nitrogen functional groups attached to an aromatic ring is 1. The van der Waals surface area contributed by atoms with Gasteiger partial charge in [0.05, 0.1) is 6.20 Å². The van der Waals surface area contributed by atoms with Crippen LogP contribution >= 0.6 is 0 Å². The van der Waals surface area contributed by atoms with E-state index in [0.29, 0.717) is 17.0 Å². The minimum atomic E-state index is 0.257. The first-order valence-corrected chi connectivity index (χ1v) is 4.70. The second-order valence-electron chi connectivity index (χ2n) is 3.29. The number of hydrogen-bond donors (Lipinski definition) is 1. The van der Waals surface area contributed by atoms with Crippen molar-refractivity contribution in [1.82, 2.24) is 29.6 Å². The highest BCUT2D eigenvalue weighted by molar-refractivity contribution is 5.51. The van der Waals surface area contributed by atoms with E-state index < -0.39 is 0 Å². The molecule has 82 valence electrons. The van der Waals surface area contributed by atoms with Crippen molar-refractivity contribution in [2.24, 2.45) is 0 Å². The fraction of sp³-hybridized carbons (Fsp3) is 0.